The fourth-order valence-electron chi connectivity index (χ4n) is 2.33. The first-order valence-electron chi connectivity index (χ1n) is 7.83. The van der Waals surface area contributed by atoms with Gasteiger partial charge in [0.15, 0.2) is 0 Å². The topological polar surface area (TPSA) is 90.5 Å². The average Bonchev–Trinajstić information content (AvgIpc) is 3.26. The highest BCUT2D eigenvalue weighted by Gasteiger charge is 2.16. The van der Waals surface area contributed by atoms with Gasteiger partial charge in [0.25, 0.3) is 5.91 Å². The van der Waals surface area contributed by atoms with Crippen molar-refractivity contribution in [3.05, 3.63) is 53.1 Å². The number of halogens is 1. The number of amides is 1. The van der Waals surface area contributed by atoms with E-state index in [0.717, 1.165) is 5.56 Å². The molecule has 3 rings (SSSR count). The minimum atomic E-state index is -0.252. The summed E-state index contributed by atoms with van der Waals surface area (Å²) < 4.78 is 3.32. The molecule has 2 aromatic heterocycles. The molecule has 8 nitrogen and oxygen atoms in total. The predicted octanol–water partition coefficient (Wildman–Crippen LogP) is 2.58. The summed E-state index contributed by atoms with van der Waals surface area (Å²) in [5.74, 6) is -0.252. The first-order valence-corrected chi connectivity index (χ1v) is 8.21. The average molecular weight is 360 g/mol. The molecule has 1 N–H and O–H groups in total. The Balaban J connectivity index is 1.74. The third-order valence-corrected chi connectivity index (χ3v) is 4.12. The first kappa shape index (κ1) is 17.1. The Hall–Kier alpha value is -2.74. The number of carbonyl (C=O) groups excluding carboxylic acids is 1. The fraction of sp³-hybridized carbons (Fsp3) is 0.312. The standard InChI is InChI=1S/C16H18ClN7O/c1-10(2)23-8-12(7-19-23)11(3)20-16(25)14-5-4-13(6-15(14)17)24-9-18-21-22-24/h4-11H,1-3H3,(H,20,25). The van der Waals surface area contributed by atoms with Crippen molar-refractivity contribution < 1.29 is 4.79 Å². The quantitative estimate of drug-likeness (QED) is 0.756. The second-order valence-corrected chi connectivity index (χ2v) is 6.37. The molecule has 1 amide bonds. The predicted molar refractivity (Wildman–Crippen MR) is 92.7 cm³/mol. The Labute approximate surface area is 149 Å². The summed E-state index contributed by atoms with van der Waals surface area (Å²) >= 11 is 6.26. The Morgan fingerprint density at radius 1 is 1.28 bits per heavy atom. The van der Waals surface area contributed by atoms with Gasteiger partial charge in [-0.05, 0) is 49.4 Å². The molecule has 1 atom stereocenters. The molecule has 0 aliphatic carbocycles. The van der Waals surface area contributed by atoms with Gasteiger partial charge in [-0.25, -0.2) is 4.68 Å². The lowest BCUT2D eigenvalue weighted by atomic mass is 10.1. The third kappa shape index (κ3) is 3.69. The molecule has 0 saturated heterocycles. The number of rotatable bonds is 5. The summed E-state index contributed by atoms with van der Waals surface area (Å²) in [4.78, 5) is 12.5. The van der Waals surface area contributed by atoms with Crippen molar-refractivity contribution in [2.24, 2.45) is 0 Å². The van der Waals surface area contributed by atoms with E-state index in [1.165, 1.54) is 11.0 Å². The Morgan fingerprint density at radius 2 is 2.08 bits per heavy atom. The van der Waals surface area contributed by atoms with Crippen molar-refractivity contribution in [2.75, 3.05) is 0 Å². The maximum Gasteiger partial charge on any atom is 0.253 e. The van der Waals surface area contributed by atoms with Crippen LogP contribution in [0.15, 0.2) is 36.9 Å². The van der Waals surface area contributed by atoms with Crippen LogP contribution in [0.25, 0.3) is 5.69 Å². The van der Waals surface area contributed by atoms with Crippen LogP contribution in [0.5, 0.6) is 0 Å². The van der Waals surface area contributed by atoms with E-state index in [4.69, 9.17) is 11.6 Å². The van der Waals surface area contributed by atoms with Crippen molar-refractivity contribution in [1.82, 2.24) is 35.3 Å². The summed E-state index contributed by atoms with van der Waals surface area (Å²) in [5.41, 5.74) is 2.00. The number of tetrazole rings is 1. The summed E-state index contributed by atoms with van der Waals surface area (Å²) in [6.07, 6.45) is 5.14. The SMILES string of the molecule is CC(NC(=O)c1ccc(-n2cnnn2)cc1Cl)c1cnn(C(C)C)c1. The Morgan fingerprint density at radius 3 is 2.68 bits per heavy atom. The minimum Gasteiger partial charge on any atom is -0.345 e. The lowest BCUT2D eigenvalue weighted by Crippen LogP contribution is -2.26. The molecule has 25 heavy (non-hydrogen) atoms. The van der Waals surface area contributed by atoms with Crippen LogP contribution in [0.2, 0.25) is 5.02 Å². The van der Waals surface area contributed by atoms with E-state index >= 15 is 0 Å². The lowest BCUT2D eigenvalue weighted by molar-refractivity contribution is 0.0940. The van der Waals surface area contributed by atoms with E-state index in [1.54, 1.807) is 24.4 Å². The van der Waals surface area contributed by atoms with E-state index in [9.17, 15) is 4.79 Å². The van der Waals surface area contributed by atoms with Gasteiger partial charge in [0.1, 0.15) is 6.33 Å². The fourth-order valence-corrected chi connectivity index (χ4v) is 2.59. The second-order valence-electron chi connectivity index (χ2n) is 5.96. The maximum absolute atomic E-state index is 12.5. The van der Waals surface area contributed by atoms with E-state index in [1.807, 2.05) is 31.6 Å². The number of hydrogen-bond acceptors (Lipinski definition) is 5. The molecule has 9 heteroatoms. The molecular weight excluding hydrogens is 342 g/mol. The molecule has 0 aliphatic heterocycles. The van der Waals surface area contributed by atoms with Gasteiger partial charge in [-0.3, -0.25) is 9.48 Å². The second kappa shape index (κ2) is 7.02. The molecule has 2 heterocycles. The highest BCUT2D eigenvalue weighted by molar-refractivity contribution is 6.34. The Bertz CT molecular complexity index is 873. The molecule has 0 fully saturated rings. The maximum atomic E-state index is 12.5. The summed E-state index contributed by atoms with van der Waals surface area (Å²) in [7, 11) is 0. The Kier molecular flexibility index (Phi) is 4.80. The van der Waals surface area contributed by atoms with Crippen LogP contribution in [0.4, 0.5) is 0 Å². The monoisotopic (exact) mass is 359 g/mol. The number of carbonyl (C=O) groups is 1. The summed E-state index contributed by atoms with van der Waals surface area (Å²) in [6.45, 7) is 6.00. The van der Waals surface area contributed by atoms with Crippen LogP contribution >= 0.6 is 11.6 Å². The van der Waals surface area contributed by atoms with Gasteiger partial charge in [-0.2, -0.15) is 5.10 Å². The van der Waals surface area contributed by atoms with E-state index < -0.39 is 0 Å². The van der Waals surface area contributed by atoms with Crippen LogP contribution in [-0.2, 0) is 0 Å². The molecule has 0 aliphatic rings. The van der Waals surface area contributed by atoms with Gasteiger partial charge >= 0.3 is 0 Å². The largest absolute Gasteiger partial charge is 0.345 e. The van der Waals surface area contributed by atoms with Crippen molar-refractivity contribution in [3.63, 3.8) is 0 Å². The van der Waals surface area contributed by atoms with E-state index in [-0.39, 0.29) is 18.0 Å². The van der Waals surface area contributed by atoms with Gasteiger partial charge in [0.2, 0.25) is 0 Å². The number of nitrogens with one attached hydrogen (secondary N) is 1. The molecule has 1 unspecified atom stereocenters. The van der Waals surface area contributed by atoms with Crippen LogP contribution in [0.1, 0.15) is 48.8 Å². The molecule has 3 aromatic rings. The molecule has 1 aromatic carbocycles. The van der Waals surface area contributed by atoms with Crippen molar-refractivity contribution in [2.45, 2.75) is 32.9 Å². The summed E-state index contributed by atoms with van der Waals surface area (Å²) in [6, 6.07) is 5.12. The van der Waals surface area contributed by atoms with Crippen LogP contribution in [0.3, 0.4) is 0 Å². The van der Waals surface area contributed by atoms with Gasteiger partial charge < -0.3 is 5.32 Å². The number of aromatic nitrogens is 6. The highest BCUT2D eigenvalue weighted by atomic mass is 35.5. The van der Waals surface area contributed by atoms with E-state index in [0.29, 0.717) is 16.3 Å². The number of benzene rings is 1. The minimum absolute atomic E-state index is 0.185. The van der Waals surface area contributed by atoms with Gasteiger partial charge in [0.05, 0.1) is 28.5 Å². The summed E-state index contributed by atoms with van der Waals surface area (Å²) in [5, 5.41) is 18.5. The van der Waals surface area contributed by atoms with Gasteiger partial charge in [-0.1, -0.05) is 11.6 Å². The van der Waals surface area contributed by atoms with E-state index in [2.05, 4.69) is 25.9 Å². The first-order chi connectivity index (χ1) is 12.0. The van der Waals surface area contributed by atoms with Crippen molar-refractivity contribution in [1.29, 1.82) is 0 Å². The van der Waals surface area contributed by atoms with Crippen molar-refractivity contribution >= 4 is 17.5 Å². The van der Waals surface area contributed by atoms with Crippen molar-refractivity contribution in [3.8, 4) is 5.69 Å². The van der Waals surface area contributed by atoms with Gasteiger partial charge in [0, 0.05) is 17.8 Å². The highest BCUT2D eigenvalue weighted by Crippen LogP contribution is 2.21. The molecule has 0 radical (unpaired) electrons. The zero-order valence-electron chi connectivity index (χ0n) is 14.1. The zero-order chi connectivity index (χ0) is 18.0. The lowest BCUT2D eigenvalue weighted by Gasteiger charge is -2.13. The van der Waals surface area contributed by atoms with Crippen LogP contribution in [-0.4, -0.2) is 35.9 Å². The molecule has 0 spiro atoms. The molecular formula is C16H18ClN7O. The smallest absolute Gasteiger partial charge is 0.253 e. The number of hydrogen-bond donors (Lipinski definition) is 1. The third-order valence-electron chi connectivity index (χ3n) is 3.81. The van der Waals surface area contributed by atoms with Gasteiger partial charge in [-0.15, -0.1) is 5.10 Å². The number of nitrogens with zero attached hydrogens (tertiary/aromatic N) is 6. The molecule has 0 saturated carbocycles. The zero-order valence-corrected chi connectivity index (χ0v) is 14.8. The molecule has 0 bridgehead atoms. The van der Waals surface area contributed by atoms with Crippen LogP contribution in [0, 0.1) is 0 Å². The molecule has 130 valence electrons. The normalized spacial score (nSPS) is 12.4. The van der Waals surface area contributed by atoms with Crippen LogP contribution < -0.4 is 5.32 Å².